The lowest BCUT2D eigenvalue weighted by molar-refractivity contribution is 0.0964. The molecule has 1 saturated heterocycles. The Balaban J connectivity index is 1.86. The number of piperidine rings is 1. The largest absolute Gasteiger partial charge is 0.508 e. The van der Waals surface area contributed by atoms with Crippen LogP contribution in [0.15, 0.2) is 40.8 Å². The molecular weight excluding hydrogens is 392 g/mol. The summed E-state index contributed by atoms with van der Waals surface area (Å²) >= 11 is 6.22. The number of carbonyl (C=O) groups excluding carboxylic acids is 1. The molecule has 0 radical (unpaired) electrons. The van der Waals surface area contributed by atoms with Crippen LogP contribution in [0.3, 0.4) is 0 Å². The van der Waals surface area contributed by atoms with Crippen molar-refractivity contribution in [2.45, 2.75) is 24.8 Å². The molecule has 6 nitrogen and oxygen atoms in total. The number of likely N-dealkylation sites (tertiary alicyclic amines) is 1. The Hall–Kier alpha value is -2.70. The van der Waals surface area contributed by atoms with Crippen molar-refractivity contribution in [2.24, 2.45) is 0 Å². The molecule has 0 aliphatic carbocycles. The molecule has 2 heterocycles. The van der Waals surface area contributed by atoms with Crippen LogP contribution >= 0.6 is 11.6 Å². The molecular formula is C22H23ClN2O4. The van der Waals surface area contributed by atoms with E-state index < -0.39 is 0 Å². The first kappa shape index (κ1) is 19.6. The molecule has 3 aromatic rings. The lowest BCUT2D eigenvalue weighted by Gasteiger charge is -2.29. The summed E-state index contributed by atoms with van der Waals surface area (Å²) in [6.45, 7) is 2.18. The number of fused-ring (bicyclic) bond motifs is 1. The summed E-state index contributed by atoms with van der Waals surface area (Å²) in [5.41, 5.74) is 2.26. The lowest BCUT2D eigenvalue weighted by atomic mass is 9.99. The number of carbonyl (C=O) groups is 1. The number of nitrogens with one attached hydrogen (secondary N) is 1. The van der Waals surface area contributed by atoms with Gasteiger partial charge < -0.3 is 19.9 Å². The van der Waals surface area contributed by atoms with Gasteiger partial charge in [0.25, 0.3) is 5.91 Å². The highest BCUT2D eigenvalue weighted by molar-refractivity contribution is 6.20. The summed E-state index contributed by atoms with van der Waals surface area (Å²) in [7, 11) is 1.56. The molecule has 4 rings (SSSR count). The molecule has 0 saturated carbocycles. The average molecular weight is 415 g/mol. The maximum absolute atomic E-state index is 12.8. The van der Waals surface area contributed by atoms with Crippen LogP contribution in [0, 0.1) is 0 Å². The number of amides is 1. The van der Waals surface area contributed by atoms with Gasteiger partial charge in [-0.15, -0.1) is 11.6 Å². The number of rotatable bonds is 4. The van der Waals surface area contributed by atoms with Gasteiger partial charge in [-0.2, -0.15) is 0 Å². The van der Waals surface area contributed by atoms with E-state index in [1.165, 1.54) is 0 Å². The number of hydrogen-bond acceptors (Lipinski definition) is 5. The van der Waals surface area contributed by atoms with Crippen molar-refractivity contribution in [3.8, 4) is 22.8 Å². The number of furan rings is 1. The fourth-order valence-corrected chi connectivity index (χ4v) is 4.05. The first-order valence-corrected chi connectivity index (χ1v) is 10.1. The molecule has 2 aromatic carbocycles. The van der Waals surface area contributed by atoms with Crippen molar-refractivity contribution in [1.29, 1.82) is 0 Å². The van der Waals surface area contributed by atoms with E-state index in [2.05, 4.69) is 10.2 Å². The highest BCUT2D eigenvalue weighted by atomic mass is 35.5. The SMILES string of the molecule is CNC(=O)c1c(-c2ccc(O)cc2)oc2ccc(O)c(CN3CCC(Cl)CC3)c12. The second kappa shape index (κ2) is 7.97. The minimum atomic E-state index is -0.293. The van der Waals surface area contributed by atoms with Gasteiger partial charge in [0.1, 0.15) is 22.8 Å². The molecule has 1 aliphatic heterocycles. The van der Waals surface area contributed by atoms with Gasteiger partial charge in [0.2, 0.25) is 0 Å². The van der Waals surface area contributed by atoms with Gasteiger partial charge in [0.15, 0.2) is 0 Å². The van der Waals surface area contributed by atoms with Crippen LogP contribution in [0.1, 0.15) is 28.8 Å². The normalized spacial score (nSPS) is 15.7. The zero-order valence-corrected chi connectivity index (χ0v) is 16.9. The quantitative estimate of drug-likeness (QED) is 0.560. The first-order valence-electron chi connectivity index (χ1n) is 9.63. The maximum atomic E-state index is 12.8. The Labute approximate surface area is 173 Å². The molecule has 29 heavy (non-hydrogen) atoms. The number of halogens is 1. The fraction of sp³-hybridized carbons (Fsp3) is 0.318. The zero-order chi connectivity index (χ0) is 20.5. The second-order valence-corrected chi connectivity index (χ2v) is 7.94. The molecule has 3 N–H and O–H groups in total. The van der Waals surface area contributed by atoms with Crippen LogP contribution in [0.5, 0.6) is 11.5 Å². The molecule has 1 amide bonds. The molecule has 0 spiro atoms. The number of nitrogens with zero attached hydrogens (tertiary/aromatic N) is 1. The van der Waals surface area contributed by atoms with Crippen LogP contribution in [-0.2, 0) is 6.54 Å². The van der Waals surface area contributed by atoms with Crippen molar-refractivity contribution in [3.05, 3.63) is 47.5 Å². The predicted octanol–water partition coefficient (Wildman–Crippen LogP) is 4.07. The second-order valence-electron chi connectivity index (χ2n) is 7.32. The van der Waals surface area contributed by atoms with E-state index in [0.29, 0.717) is 40.0 Å². The van der Waals surface area contributed by atoms with Gasteiger partial charge in [-0.05, 0) is 62.3 Å². The molecule has 0 unspecified atom stereocenters. The monoisotopic (exact) mass is 414 g/mol. The standard InChI is InChI=1S/C22H23ClN2O4/c1-24-22(28)20-19-16(12-25-10-8-14(23)9-11-25)17(27)6-7-18(19)29-21(20)13-2-4-15(26)5-3-13/h2-7,14,26-27H,8-12H2,1H3,(H,24,28). The van der Waals surface area contributed by atoms with E-state index in [1.807, 2.05) is 0 Å². The minimum Gasteiger partial charge on any atom is -0.508 e. The van der Waals surface area contributed by atoms with Crippen LogP contribution < -0.4 is 5.32 Å². The van der Waals surface area contributed by atoms with Gasteiger partial charge in [-0.3, -0.25) is 9.69 Å². The Morgan fingerprint density at radius 1 is 1.17 bits per heavy atom. The van der Waals surface area contributed by atoms with E-state index in [9.17, 15) is 15.0 Å². The third-order valence-electron chi connectivity index (χ3n) is 5.42. The number of phenols is 2. The Kier molecular flexibility index (Phi) is 5.39. The van der Waals surface area contributed by atoms with Crippen LogP contribution in [0.2, 0.25) is 0 Å². The topological polar surface area (TPSA) is 85.9 Å². The predicted molar refractivity (Wildman–Crippen MR) is 113 cm³/mol. The zero-order valence-electron chi connectivity index (χ0n) is 16.1. The van der Waals surface area contributed by atoms with Crippen molar-refractivity contribution < 1.29 is 19.4 Å². The lowest BCUT2D eigenvalue weighted by Crippen LogP contribution is -2.33. The summed E-state index contributed by atoms with van der Waals surface area (Å²) in [4.78, 5) is 15.0. The van der Waals surface area contributed by atoms with Crippen LogP contribution in [-0.4, -0.2) is 46.5 Å². The Morgan fingerprint density at radius 3 is 2.52 bits per heavy atom. The first-order chi connectivity index (χ1) is 14.0. The smallest absolute Gasteiger partial charge is 0.255 e. The highest BCUT2D eigenvalue weighted by Crippen LogP contribution is 2.39. The molecule has 1 aliphatic rings. The number of aromatic hydroxyl groups is 2. The molecule has 0 bridgehead atoms. The van der Waals surface area contributed by atoms with Gasteiger partial charge in [0.05, 0.1) is 5.56 Å². The molecule has 1 fully saturated rings. The van der Waals surface area contributed by atoms with Crippen molar-refractivity contribution in [2.75, 3.05) is 20.1 Å². The molecule has 7 heteroatoms. The summed E-state index contributed by atoms with van der Waals surface area (Å²) in [5, 5.41) is 23.7. The Bertz CT molecular complexity index is 1040. The van der Waals surface area contributed by atoms with Gasteiger partial charge in [-0.25, -0.2) is 0 Å². The van der Waals surface area contributed by atoms with Crippen molar-refractivity contribution >= 4 is 28.5 Å². The van der Waals surface area contributed by atoms with Crippen molar-refractivity contribution in [3.63, 3.8) is 0 Å². The molecule has 1 aromatic heterocycles. The number of phenolic OH excluding ortho intramolecular Hbond substituents is 2. The van der Waals surface area contributed by atoms with E-state index >= 15 is 0 Å². The number of hydrogen-bond donors (Lipinski definition) is 3. The maximum Gasteiger partial charge on any atom is 0.255 e. The summed E-state index contributed by atoms with van der Waals surface area (Å²) < 4.78 is 6.06. The highest BCUT2D eigenvalue weighted by Gasteiger charge is 2.27. The van der Waals surface area contributed by atoms with E-state index in [4.69, 9.17) is 16.0 Å². The fourth-order valence-electron chi connectivity index (χ4n) is 3.85. The molecule has 152 valence electrons. The van der Waals surface area contributed by atoms with Crippen LogP contribution in [0.4, 0.5) is 0 Å². The van der Waals surface area contributed by atoms with E-state index in [1.54, 1.807) is 43.4 Å². The Morgan fingerprint density at radius 2 is 1.86 bits per heavy atom. The minimum absolute atomic E-state index is 0.132. The van der Waals surface area contributed by atoms with E-state index in [-0.39, 0.29) is 22.8 Å². The van der Waals surface area contributed by atoms with Gasteiger partial charge in [-0.1, -0.05) is 0 Å². The summed E-state index contributed by atoms with van der Waals surface area (Å²) in [6.07, 6.45) is 1.79. The third kappa shape index (κ3) is 3.78. The average Bonchev–Trinajstić information content (AvgIpc) is 3.11. The summed E-state index contributed by atoms with van der Waals surface area (Å²) in [6, 6.07) is 9.77. The van der Waals surface area contributed by atoms with E-state index in [0.717, 1.165) is 25.9 Å². The van der Waals surface area contributed by atoms with Crippen molar-refractivity contribution in [1.82, 2.24) is 10.2 Å². The summed E-state index contributed by atoms with van der Waals surface area (Å²) in [5.74, 6) is 0.380. The number of benzene rings is 2. The van der Waals surface area contributed by atoms with Gasteiger partial charge in [0, 0.05) is 35.5 Å². The number of alkyl halides is 1. The van der Waals surface area contributed by atoms with Crippen LogP contribution in [0.25, 0.3) is 22.3 Å². The van der Waals surface area contributed by atoms with Gasteiger partial charge >= 0.3 is 0 Å². The molecule has 0 atom stereocenters. The third-order valence-corrected chi connectivity index (χ3v) is 5.86.